The average molecular weight is 390 g/mol. The highest BCUT2D eigenvalue weighted by Gasteiger charge is 2.29. The Labute approximate surface area is 171 Å². The Balaban J connectivity index is 1.40. The molecule has 1 aromatic heterocycles. The van der Waals surface area contributed by atoms with Crippen LogP contribution in [0.2, 0.25) is 0 Å². The highest BCUT2D eigenvalue weighted by molar-refractivity contribution is 5.87. The summed E-state index contributed by atoms with van der Waals surface area (Å²) in [5, 5.41) is 7.93. The summed E-state index contributed by atoms with van der Waals surface area (Å²) in [6, 6.07) is 20.1. The molecule has 6 nitrogen and oxygen atoms in total. The van der Waals surface area contributed by atoms with Crippen LogP contribution in [-0.2, 0) is 11.2 Å². The molecule has 0 radical (unpaired) electrons. The van der Waals surface area contributed by atoms with Crippen LogP contribution in [0, 0.1) is 6.92 Å². The fourth-order valence-corrected chi connectivity index (χ4v) is 3.84. The lowest BCUT2D eigenvalue weighted by Crippen LogP contribution is -2.50. The van der Waals surface area contributed by atoms with Gasteiger partial charge in [0.05, 0.1) is 5.92 Å². The maximum absolute atomic E-state index is 13.5. The van der Waals surface area contributed by atoms with Gasteiger partial charge in [0.2, 0.25) is 17.7 Å². The summed E-state index contributed by atoms with van der Waals surface area (Å²) >= 11 is 0. The van der Waals surface area contributed by atoms with E-state index >= 15 is 0 Å². The number of carbonyl (C=O) groups excluding carboxylic acids is 1. The molecule has 1 fully saturated rings. The second kappa shape index (κ2) is 9.01. The van der Waals surface area contributed by atoms with E-state index in [1.54, 1.807) is 6.92 Å². The monoisotopic (exact) mass is 390 g/mol. The van der Waals surface area contributed by atoms with E-state index in [0.29, 0.717) is 11.8 Å². The number of aromatic nitrogens is 2. The molecule has 0 spiro atoms. The van der Waals surface area contributed by atoms with Crippen molar-refractivity contribution in [2.75, 3.05) is 32.7 Å². The summed E-state index contributed by atoms with van der Waals surface area (Å²) < 4.78 is 5.45. The molecule has 0 bridgehead atoms. The SMILES string of the molecule is Cc1nnc(CCN2CCN(C(=O)C(c3ccccc3)c3ccccc3)CC2)o1. The fourth-order valence-electron chi connectivity index (χ4n) is 3.84. The number of rotatable bonds is 6. The third-order valence-electron chi connectivity index (χ3n) is 5.41. The summed E-state index contributed by atoms with van der Waals surface area (Å²) in [5.74, 6) is 1.19. The molecule has 3 aromatic rings. The van der Waals surface area contributed by atoms with E-state index in [9.17, 15) is 4.79 Å². The Morgan fingerprint density at radius 3 is 2.03 bits per heavy atom. The summed E-state index contributed by atoms with van der Waals surface area (Å²) in [5.41, 5.74) is 2.08. The first-order chi connectivity index (χ1) is 14.2. The Kier molecular flexibility index (Phi) is 6.00. The van der Waals surface area contributed by atoms with Crippen molar-refractivity contribution >= 4 is 5.91 Å². The third-order valence-corrected chi connectivity index (χ3v) is 5.41. The summed E-state index contributed by atoms with van der Waals surface area (Å²) in [4.78, 5) is 17.8. The Morgan fingerprint density at radius 2 is 1.52 bits per heavy atom. The second-order valence-electron chi connectivity index (χ2n) is 7.39. The predicted molar refractivity (Wildman–Crippen MR) is 110 cm³/mol. The van der Waals surface area contributed by atoms with Crippen LogP contribution >= 0.6 is 0 Å². The van der Waals surface area contributed by atoms with Crippen LogP contribution < -0.4 is 0 Å². The lowest BCUT2D eigenvalue weighted by molar-refractivity contribution is -0.133. The number of aryl methyl sites for hydroxylation is 1. The zero-order valence-corrected chi connectivity index (χ0v) is 16.7. The highest BCUT2D eigenvalue weighted by Crippen LogP contribution is 2.27. The molecule has 4 rings (SSSR count). The lowest BCUT2D eigenvalue weighted by Gasteiger charge is -2.36. The fraction of sp³-hybridized carbons (Fsp3) is 0.348. The van der Waals surface area contributed by atoms with Gasteiger partial charge in [0.15, 0.2) is 0 Å². The first-order valence-electron chi connectivity index (χ1n) is 10.1. The van der Waals surface area contributed by atoms with Gasteiger partial charge in [-0.15, -0.1) is 10.2 Å². The number of amides is 1. The number of benzene rings is 2. The Hall–Kier alpha value is -2.99. The van der Waals surface area contributed by atoms with E-state index in [0.717, 1.165) is 50.3 Å². The van der Waals surface area contributed by atoms with E-state index < -0.39 is 0 Å². The summed E-state index contributed by atoms with van der Waals surface area (Å²) in [6.45, 7) is 5.85. The van der Waals surface area contributed by atoms with Crippen LogP contribution in [0.1, 0.15) is 28.8 Å². The number of piperazine rings is 1. The normalized spacial score (nSPS) is 15.0. The van der Waals surface area contributed by atoms with Crippen molar-refractivity contribution in [2.45, 2.75) is 19.3 Å². The van der Waals surface area contributed by atoms with Crippen LogP contribution in [0.4, 0.5) is 0 Å². The minimum atomic E-state index is -0.259. The predicted octanol–water partition coefficient (Wildman–Crippen LogP) is 2.90. The number of carbonyl (C=O) groups is 1. The molecule has 0 unspecified atom stereocenters. The van der Waals surface area contributed by atoms with Gasteiger partial charge in [0.25, 0.3) is 0 Å². The first kappa shape index (κ1) is 19.3. The molecular formula is C23H26N4O2. The van der Waals surface area contributed by atoms with Crippen molar-refractivity contribution in [3.63, 3.8) is 0 Å². The molecule has 0 atom stereocenters. The Morgan fingerprint density at radius 1 is 0.931 bits per heavy atom. The molecule has 1 amide bonds. The zero-order chi connectivity index (χ0) is 20.1. The molecule has 2 aromatic carbocycles. The number of hydrogen-bond acceptors (Lipinski definition) is 5. The van der Waals surface area contributed by atoms with Crippen LogP contribution in [-0.4, -0.2) is 58.6 Å². The van der Waals surface area contributed by atoms with Crippen molar-refractivity contribution in [1.82, 2.24) is 20.0 Å². The standard InChI is InChI=1S/C23H26N4O2/c1-18-24-25-21(29-18)12-13-26-14-16-27(17-15-26)23(28)22(19-8-4-2-5-9-19)20-10-6-3-7-11-20/h2-11,22H,12-17H2,1H3. The molecular weight excluding hydrogens is 364 g/mol. The van der Waals surface area contributed by atoms with Crippen molar-refractivity contribution in [3.8, 4) is 0 Å². The van der Waals surface area contributed by atoms with Gasteiger partial charge in [0.1, 0.15) is 0 Å². The van der Waals surface area contributed by atoms with Gasteiger partial charge >= 0.3 is 0 Å². The van der Waals surface area contributed by atoms with E-state index in [-0.39, 0.29) is 11.8 Å². The second-order valence-corrected chi connectivity index (χ2v) is 7.39. The van der Waals surface area contributed by atoms with Gasteiger partial charge in [0, 0.05) is 46.1 Å². The van der Waals surface area contributed by atoms with Crippen LogP contribution in [0.5, 0.6) is 0 Å². The molecule has 0 aliphatic carbocycles. The van der Waals surface area contributed by atoms with E-state index in [1.165, 1.54) is 0 Å². The highest BCUT2D eigenvalue weighted by atomic mass is 16.4. The van der Waals surface area contributed by atoms with Crippen molar-refractivity contribution < 1.29 is 9.21 Å². The Bertz CT molecular complexity index is 879. The molecule has 0 saturated carbocycles. The summed E-state index contributed by atoms with van der Waals surface area (Å²) in [7, 11) is 0. The topological polar surface area (TPSA) is 62.5 Å². The van der Waals surface area contributed by atoms with Crippen LogP contribution in [0.3, 0.4) is 0 Å². The average Bonchev–Trinajstić information content (AvgIpc) is 3.19. The quantitative estimate of drug-likeness (QED) is 0.648. The largest absolute Gasteiger partial charge is 0.426 e. The van der Waals surface area contributed by atoms with E-state index in [2.05, 4.69) is 15.1 Å². The molecule has 6 heteroatoms. The molecule has 1 aliphatic heterocycles. The van der Waals surface area contributed by atoms with Crippen molar-refractivity contribution in [2.24, 2.45) is 0 Å². The smallest absolute Gasteiger partial charge is 0.234 e. The molecule has 0 N–H and O–H groups in total. The maximum Gasteiger partial charge on any atom is 0.234 e. The molecule has 1 aliphatic rings. The zero-order valence-electron chi connectivity index (χ0n) is 16.7. The summed E-state index contributed by atoms with van der Waals surface area (Å²) in [6.07, 6.45) is 0.742. The van der Waals surface area contributed by atoms with Gasteiger partial charge in [-0.2, -0.15) is 0 Å². The van der Waals surface area contributed by atoms with Gasteiger partial charge in [-0.05, 0) is 11.1 Å². The molecule has 2 heterocycles. The third kappa shape index (κ3) is 4.71. The number of nitrogens with zero attached hydrogens (tertiary/aromatic N) is 4. The van der Waals surface area contributed by atoms with Gasteiger partial charge in [-0.3, -0.25) is 9.69 Å². The minimum Gasteiger partial charge on any atom is -0.426 e. The van der Waals surface area contributed by atoms with Crippen LogP contribution in [0.25, 0.3) is 0 Å². The minimum absolute atomic E-state index is 0.176. The van der Waals surface area contributed by atoms with Gasteiger partial charge < -0.3 is 9.32 Å². The maximum atomic E-state index is 13.5. The van der Waals surface area contributed by atoms with Crippen molar-refractivity contribution in [3.05, 3.63) is 83.6 Å². The molecule has 150 valence electrons. The molecule has 1 saturated heterocycles. The van der Waals surface area contributed by atoms with E-state index in [1.807, 2.05) is 65.6 Å². The number of hydrogen-bond donors (Lipinski definition) is 0. The van der Waals surface area contributed by atoms with E-state index in [4.69, 9.17) is 4.42 Å². The van der Waals surface area contributed by atoms with Crippen molar-refractivity contribution in [1.29, 1.82) is 0 Å². The molecule has 29 heavy (non-hydrogen) atoms. The van der Waals surface area contributed by atoms with Gasteiger partial charge in [-0.1, -0.05) is 60.7 Å². The van der Waals surface area contributed by atoms with Gasteiger partial charge in [-0.25, -0.2) is 0 Å². The van der Waals surface area contributed by atoms with Crippen LogP contribution in [0.15, 0.2) is 65.1 Å². The first-order valence-corrected chi connectivity index (χ1v) is 10.1. The lowest BCUT2D eigenvalue weighted by atomic mass is 9.90.